The zero-order chi connectivity index (χ0) is 10.7. The highest BCUT2D eigenvalue weighted by molar-refractivity contribution is 6.35. The topological polar surface area (TPSA) is 49.4 Å². The summed E-state index contributed by atoms with van der Waals surface area (Å²) in [4.78, 5) is 24.9. The van der Waals surface area contributed by atoms with Crippen LogP contribution >= 0.6 is 0 Å². The van der Waals surface area contributed by atoms with Gasteiger partial charge in [0, 0.05) is 19.1 Å². The fraction of sp³-hybridized carbons (Fsp3) is 0.818. The molecule has 1 saturated carbocycles. The summed E-state index contributed by atoms with van der Waals surface area (Å²) in [5.74, 6) is -0.733. The minimum absolute atomic E-state index is 0.272. The van der Waals surface area contributed by atoms with E-state index in [9.17, 15) is 9.59 Å². The molecule has 1 aliphatic carbocycles. The maximum absolute atomic E-state index is 11.7. The van der Waals surface area contributed by atoms with Crippen molar-refractivity contribution in [1.29, 1.82) is 0 Å². The highest BCUT2D eigenvalue weighted by atomic mass is 16.2. The van der Waals surface area contributed by atoms with E-state index in [1.165, 1.54) is 12.8 Å². The number of carbonyl (C=O) groups is 2. The molecule has 2 amide bonds. The fourth-order valence-corrected chi connectivity index (χ4v) is 1.89. The van der Waals surface area contributed by atoms with Gasteiger partial charge in [0.25, 0.3) is 0 Å². The van der Waals surface area contributed by atoms with Crippen LogP contribution in [0.5, 0.6) is 0 Å². The van der Waals surface area contributed by atoms with Crippen LogP contribution < -0.4 is 5.32 Å². The Morgan fingerprint density at radius 1 is 1.00 bits per heavy atom. The molecule has 84 valence electrons. The van der Waals surface area contributed by atoms with Crippen molar-refractivity contribution in [2.24, 2.45) is 0 Å². The Hall–Kier alpha value is -1.06. The average Bonchev–Trinajstić information content (AvgIpc) is 3.01. The van der Waals surface area contributed by atoms with Gasteiger partial charge in [0.1, 0.15) is 0 Å². The number of hydrogen-bond acceptors (Lipinski definition) is 2. The van der Waals surface area contributed by atoms with Gasteiger partial charge in [0.15, 0.2) is 0 Å². The number of carbonyl (C=O) groups excluding carboxylic acids is 2. The van der Waals surface area contributed by atoms with Crippen molar-refractivity contribution in [3.8, 4) is 0 Å². The molecule has 1 heterocycles. The van der Waals surface area contributed by atoms with Crippen LogP contribution in [0.3, 0.4) is 0 Å². The molecule has 0 aromatic heterocycles. The smallest absolute Gasteiger partial charge is 0.311 e. The maximum atomic E-state index is 11.7. The average molecular weight is 210 g/mol. The van der Waals surface area contributed by atoms with Crippen LogP contribution in [0, 0.1) is 0 Å². The number of nitrogens with zero attached hydrogens (tertiary/aromatic N) is 1. The minimum Gasteiger partial charge on any atom is -0.345 e. The standard InChI is InChI=1S/C11H18N2O2/c14-10(12-9-5-6-9)11(15)13-7-3-1-2-4-8-13/h9H,1-8H2,(H,12,14). The molecule has 0 spiro atoms. The van der Waals surface area contributed by atoms with Gasteiger partial charge in [0.2, 0.25) is 0 Å². The molecule has 0 atom stereocenters. The first kappa shape index (κ1) is 10.5. The van der Waals surface area contributed by atoms with Crippen LogP contribution in [0.15, 0.2) is 0 Å². The third-order valence-corrected chi connectivity index (χ3v) is 3.00. The Morgan fingerprint density at radius 3 is 2.13 bits per heavy atom. The van der Waals surface area contributed by atoms with Crippen LogP contribution in [0.4, 0.5) is 0 Å². The lowest BCUT2D eigenvalue weighted by molar-refractivity contribution is -0.145. The van der Waals surface area contributed by atoms with E-state index in [1.807, 2.05) is 0 Å². The van der Waals surface area contributed by atoms with E-state index in [0.717, 1.165) is 38.8 Å². The molecule has 1 N–H and O–H groups in total. The van der Waals surface area contributed by atoms with Gasteiger partial charge in [-0.3, -0.25) is 9.59 Å². The van der Waals surface area contributed by atoms with Gasteiger partial charge in [0.05, 0.1) is 0 Å². The quantitative estimate of drug-likeness (QED) is 0.647. The van der Waals surface area contributed by atoms with Crippen LogP contribution in [-0.4, -0.2) is 35.8 Å². The summed E-state index contributed by atoms with van der Waals surface area (Å²) in [5.41, 5.74) is 0. The van der Waals surface area contributed by atoms with Gasteiger partial charge >= 0.3 is 11.8 Å². The molecule has 0 radical (unpaired) electrons. The second-order valence-corrected chi connectivity index (χ2v) is 4.45. The third kappa shape index (κ3) is 2.94. The zero-order valence-corrected chi connectivity index (χ0v) is 9.00. The lowest BCUT2D eigenvalue weighted by Crippen LogP contribution is -2.44. The molecule has 1 saturated heterocycles. The second-order valence-electron chi connectivity index (χ2n) is 4.45. The van der Waals surface area contributed by atoms with E-state index >= 15 is 0 Å². The van der Waals surface area contributed by atoms with Crippen molar-refractivity contribution < 1.29 is 9.59 Å². The molecule has 0 aromatic rings. The normalized spacial score (nSPS) is 22.0. The maximum Gasteiger partial charge on any atom is 0.311 e. The van der Waals surface area contributed by atoms with Crippen molar-refractivity contribution in [2.45, 2.75) is 44.6 Å². The van der Waals surface area contributed by atoms with Crippen molar-refractivity contribution in [2.75, 3.05) is 13.1 Å². The summed E-state index contributed by atoms with van der Waals surface area (Å²) >= 11 is 0. The molecular formula is C11H18N2O2. The summed E-state index contributed by atoms with van der Waals surface area (Å²) in [6, 6.07) is 0.272. The van der Waals surface area contributed by atoms with Crippen molar-refractivity contribution >= 4 is 11.8 Å². The Balaban J connectivity index is 1.83. The van der Waals surface area contributed by atoms with Gasteiger partial charge in [-0.05, 0) is 25.7 Å². The van der Waals surface area contributed by atoms with Crippen molar-refractivity contribution in [3.63, 3.8) is 0 Å². The van der Waals surface area contributed by atoms with Crippen LogP contribution in [0.25, 0.3) is 0 Å². The van der Waals surface area contributed by atoms with Gasteiger partial charge in [-0.1, -0.05) is 12.8 Å². The highest BCUT2D eigenvalue weighted by Gasteiger charge is 2.29. The van der Waals surface area contributed by atoms with E-state index in [-0.39, 0.29) is 11.9 Å². The van der Waals surface area contributed by atoms with E-state index < -0.39 is 5.91 Å². The Labute approximate surface area is 90.0 Å². The fourth-order valence-electron chi connectivity index (χ4n) is 1.89. The Bertz CT molecular complexity index is 253. The molecular weight excluding hydrogens is 192 g/mol. The summed E-state index contributed by atoms with van der Waals surface area (Å²) in [5, 5.41) is 2.74. The monoisotopic (exact) mass is 210 g/mol. The van der Waals surface area contributed by atoms with E-state index in [4.69, 9.17) is 0 Å². The molecule has 0 unspecified atom stereocenters. The summed E-state index contributed by atoms with van der Waals surface area (Å²) < 4.78 is 0. The van der Waals surface area contributed by atoms with Crippen molar-refractivity contribution in [3.05, 3.63) is 0 Å². The second kappa shape index (κ2) is 4.64. The number of hydrogen-bond donors (Lipinski definition) is 1. The number of likely N-dealkylation sites (tertiary alicyclic amines) is 1. The summed E-state index contributed by atoms with van der Waals surface area (Å²) in [6.45, 7) is 1.49. The van der Waals surface area contributed by atoms with Gasteiger partial charge in [-0.25, -0.2) is 0 Å². The Kier molecular flexibility index (Phi) is 3.23. The summed E-state index contributed by atoms with van der Waals surface area (Å²) in [6.07, 6.45) is 6.46. The molecule has 4 heteroatoms. The largest absolute Gasteiger partial charge is 0.345 e. The molecule has 4 nitrogen and oxygen atoms in total. The first-order valence-corrected chi connectivity index (χ1v) is 5.87. The molecule has 0 bridgehead atoms. The summed E-state index contributed by atoms with van der Waals surface area (Å²) in [7, 11) is 0. The lowest BCUT2D eigenvalue weighted by atomic mass is 10.2. The molecule has 2 rings (SSSR count). The minimum atomic E-state index is -0.403. The van der Waals surface area contributed by atoms with E-state index in [1.54, 1.807) is 4.90 Å². The van der Waals surface area contributed by atoms with E-state index in [2.05, 4.69) is 5.32 Å². The number of rotatable bonds is 1. The molecule has 0 aromatic carbocycles. The zero-order valence-electron chi connectivity index (χ0n) is 9.00. The molecule has 1 aliphatic heterocycles. The first-order valence-electron chi connectivity index (χ1n) is 5.87. The van der Waals surface area contributed by atoms with Gasteiger partial charge in [-0.15, -0.1) is 0 Å². The predicted octanol–water partition coefficient (Wildman–Crippen LogP) is 0.668. The first-order chi connectivity index (χ1) is 7.27. The van der Waals surface area contributed by atoms with Gasteiger partial charge in [-0.2, -0.15) is 0 Å². The van der Waals surface area contributed by atoms with Gasteiger partial charge < -0.3 is 10.2 Å². The molecule has 2 aliphatic rings. The van der Waals surface area contributed by atoms with Crippen molar-refractivity contribution in [1.82, 2.24) is 10.2 Å². The number of nitrogens with one attached hydrogen (secondary N) is 1. The highest BCUT2D eigenvalue weighted by Crippen LogP contribution is 2.18. The van der Waals surface area contributed by atoms with Crippen LogP contribution in [0.1, 0.15) is 38.5 Å². The number of amides is 2. The Morgan fingerprint density at radius 2 is 1.60 bits per heavy atom. The molecule has 15 heavy (non-hydrogen) atoms. The SMILES string of the molecule is O=C(NC1CC1)C(=O)N1CCCCCC1. The molecule has 2 fully saturated rings. The third-order valence-electron chi connectivity index (χ3n) is 3.00. The van der Waals surface area contributed by atoms with E-state index in [0.29, 0.717) is 0 Å². The lowest BCUT2D eigenvalue weighted by Gasteiger charge is -2.19. The van der Waals surface area contributed by atoms with Crippen LogP contribution in [0.2, 0.25) is 0 Å². The predicted molar refractivity (Wildman–Crippen MR) is 56.2 cm³/mol. The van der Waals surface area contributed by atoms with Crippen LogP contribution in [-0.2, 0) is 9.59 Å².